The Morgan fingerprint density at radius 2 is 1.12 bits per heavy atom. The zero-order valence-corrected chi connectivity index (χ0v) is 41.0. The lowest BCUT2D eigenvalue weighted by Crippen LogP contribution is -2.06. The molecule has 0 unspecified atom stereocenters. The Balaban J connectivity index is 0.00000166. The van der Waals surface area contributed by atoms with E-state index in [-0.39, 0.29) is 0 Å². The molecule has 0 saturated carbocycles. The van der Waals surface area contributed by atoms with Crippen LogP contribution in [0.3, 0.4) is 0 Å². The van der Waals surface area contributed by atoms with Crippen molar-refractivity contribution < 1.29 is 0 Å². The van der Waals surface area contributed by atoms with Crippen LogP contribution in [0.5, 0.6) is 0 Å². The molecule has 66 heavy (non-hydrogen) atoms. The van der Waals surface area contributed by atoms with Gasteiger partial charge in [0.2, 0.25) is 0 Å². The van der Waals surface area contributed by atoms with E-state index in [1.165, 1.54) is 71.7 Å². The molecule has 322 valence electrons. The summed E-state index contributed by atoms with van der Waals surface area (Å²) in [5, 5.41) is 16.1. The predicted molar refractivity (Wildman–Crippen MR) is 304 cm³/mol. The summed E-state index contributed by atoms with van der Waals surface area (Å²) in [6.45, 7) is 17.8. The van der Waals surface area contributed by atoms with E-state index < -0.39 is 0 Å². The molecule has 1 N–H and O–H groups in total. The highest BCUT2D eigenvalue weighted by Crippen LogP contribution is 2.55. The minimum absolute atomic E-state index is 1.08. The van der Waals surface area contributed by atoms with Crippen molar-refractivity contribution in [2.24, 2.45) is 0 Å². The summed E-state index contributed by atoms with van der Waals surface area (Å²) >= 11 is 10.8. The molecule has 0 aliphatic carbocycles. The Morgan fingerprint density at radius 1 is 0.545 bits per heavy atom. The van der Waals surface area contributed by atoms with Crippen LogP contribution in [0.25, 0.3) is 74.0 Å². The molecule has 0 atom stereocenters. The van der Waals surface area contributed by atoms with Crippen molar-refractivity contribution >= 4 is 170 Å². The van der Waals surface area contributed by atoms with Gasteiger partial charge >= 0.3 is 0 Å². The van der Waals surface area contributed by atoms with Gasteiger partial charge in [-0.25, -0.2) is 3.71 Å². The summed E-state index contributed by atoms with van der Waals surface area (Å²) in [5.41, 5.74) is 3.31. The smallest absolute Gasteiger partial charge is 0.102 e. The molecule has 11 aromatic rings. The number of rotatable bonds is 14. The van der Waals surface area contributed by atoms with E-state index in [2.05, 4.69) is 186 Å². The van der Waals surface area contributed by atoms with Gasteiger partial charge in [-0.2, -0.15) is 0 Å². The van der Waals surface area contributed by atoms with Gasteiger partial charge in [0.15, 0.2) is 0 Å². The summed E-state index contributed by atoms with van der Waals surface area (Å²) in [6, 6.07) is 50.4. The van der Waals surface area contributed by atoms with E-state index in [0.29, 0.717) is 0 Å². The summed E-state index contributed by atoms with van der Waals surface area (Å²) in [7, 11) is 0. The highest BCUT2D eigenvalue weighted by molar-refractivity contribution is 8.18. The van der Waals surface area contributed by atoms with E-state index in [1.807, 2.05) is 48.6 Å². The lowest BCUT2D eigenvalue weighted by atomic mass is 9.89. The standard InChI is InChI=1S/C54H37N3S6.C3H6/c1-4-7-8-15-31-56(36-23-13-10-14-24-36)48-33-46-52(61-48)54(44(6-3)59-46)63-57(62-53-43(5-2)58-45-32-47(60-51(45)53)55-35-21-11-9-12-22-35)42-30-29-40-38-26-17-20-34-19-16-25-37(49(34)38)39-27-18-28-41(42)50(39)40;1-3-2/h4-33,55H,1-3H2;3H,1H2,2H3/b8-7-,31-15-;. The number of para-hydroxylation sites is 2. The van der Waals surface area contributed by atoms with Gasteiger partial charge in [0.1, 0.15) is 5.00 Å². The van der Waals surface area contributed by atoms with Crippen molar-refractivity contribution in [2.45, 2.75) is 16.7 Å². The van der Waals surface area contributed by atoms with Crippen LogP contribution >= 0.6 is 69.2 Å². The molecule has 0 saturated heterocycles. The average molecular weight is 962 g/mol. The van der Waals surface area contributed by atoms with Crippen LogP contribution in [-0.4, -0.2) is 0 Å². The minimum Gasteiger partial charge on any atom is -0.347 e. The largest absolute Gasteiger partial charge is 0.347 e. The Bertz CT molecular complexity index is 3570. The van der Waals surface area contributed by atoms with Crippen LogP contribution in [0.1, 0.15) is 16.7 Å². The van der Waals surface area contributed by atoms with Crippen molar-refractivity contribution in [2.75, 3.05) is 13.9 Å². The van der Waals surface area contributed by atoms with E-state index in [9.17, 15) is 0 Å². The first kappa shape index (κ1) is 43.6. The van der Waals surface area contributed by atoms with Crippen LogP contribution in [0.15, 0.2) is 212 Å². The molecule has 0 bridgehead atoms. The van der Waals surface area contributed by atoms with Crippen molar-refractivity contribution in [3.63, 3.8) is 0 Å². The van der Waals surface area contributed by atoms with Gasteiger partial charge in [0, 0.05) is 66.0 Å². The number of nitrogens with one attached hydrogen (secondary N) is 1. The third-order valence-corrected chi connectivity index (χ3v) is 18.7. The van der Waals surface area contributed by atoms with Gasteiger partial charge in [-0.05, 0) is 93.2 Å². The number of thiophene rings is 4. The number of hydrogen-bond acceptors (Lipinski definition) is 9. The third kappa shape index (κ3) is 8.17. The summed E-state index contributed by atoms with van der Waals surface area (Å²) < 4.78 is 7.41. The second-order valence-corrected chi connectivity index (χ2v) is 21.6. The lowest BCUT2D eigenvalue weighted by Gasteiger charge is -2.25. The van der Waals surface area contributed by atoms with E-state index in [4.69, 9.17) is 0 Å². The first-order valence-corrected chi connectivity index (χ1v) is 26.1. The number of benzene rings is 7. The van der Waals surface area contributed by atoms with Gasteiger partial charge < -0.3 is 10.2 Å². The predicted octanol–water partition coefficient (Wildman–Crippen LogP) is 20.1. The maximum atomic E-state index is 4.34. The quantitative estimate of drug-likeness (QED) is 0.0384. The Kier molecular flexibility index (Phi) is 12.7. The fourth-order valence-electron chi connectivity index (χ4n) is 8.27. The highest BCUT2D eigenvalue weighted by Gasteiger charge is 2.26. The molecule has 4 aromatic heterocycles. The van der Waals surface area contributed by atoms with Crippen LogP contribution < -0.4 is 13.9 Å². The molecule has 0 fully saturated rings. The summed E-state index contributed by atoms with van der Waals surface area (Å²) in [4.78, 5) is 6.97. The molecule has 0 aliphatic heterocycles. The maximum Gasteiger partial charge on any atom is 0.102 e. The number of allylic oxidation sites excluding steroid dienone is 5. The second kappa shape index (κ2) is 19.3. The Morgan fingerprint density at radius 3 is 1.77 bits per heavy atom. The zero-order chi connectivity index (χ0) is 45.1. The van der Waals surface area contributed by atoms with Gasteiger partial charge in [-0.15, -0.1) is 51.9 Å². The molecule has 11 rings (SSSR count). The fourth-order valence-corrected chi connectivity index (χ4v) is 16.0. The molecule has 0 spiro atoms. The molecule has 4 heterocycles. The minimum atomic E-state index is 1.08. The van der Waals surface area contributed by atoms with E-state index >= 15 is 0 Å². The zero-order valence-electron chi connectivity index (χ0n) is 36.1. The lowest BCUT2D eigenvalue weighted by molar-refractivity contribution is 1.32. The Labute approximate surface area is 409 Å². The third-order valence-electron chi connectivity index (χ3n) is 11.0. The van der Waals surface area contributed by atoms with Crippen LogP contribution in [0, 0.1) is 0 Å². The number of fused-ring (bicyclic) bond motifs is 4. The van der Waals surface area contributed by atoms with Gasteiger partial charge in [0.25, 0.3) is 0 Å². The van der Waals surface area contributed by atoms with E-state index in [0.717, 1.165) is 36.8 Å². The van der Waals surface area contributed by atoms with Crippen molar-refractivity contribution in [1.29, 1.82) is 0 Å². The molecule has 0 aliphatic rings. The number of hydrogen-bond donors (Lipinski definition) is 1. The molecule has 0 amide bonds. The number of nitrogens with zero attached hydrogens (tertiary/aromatic N) is 2. The van der Waals surface area contributed by atoms with Crippen LogP contribution in [-0.2, 0) is 0 Å². The summed E-state index contributed by atoms with van der Waals surface area (Å²) in [6.07, 6.45) is 15.7. The van der Waals surface area contributed by atoms with Crippen molar-refractivity contribution in [1.82, 2.24) is 0 Å². The highest BCUT2D eigenvalue weighted by atomic mass is 32.2. The molecule has 7 aromatic carbocycles. The Hall–Kier alpha value is -6.30. The van der Waals surface area contributed by atoms with Gasteiger partial charge in [-0.3, -0.25) is 0 Å². The molecule has 3 nitrogen and oxygen atoms in total. The van der Waals surface area contributed by atoms with Gasteiger partial charge in [-0.1, -0.05) is 153 Å². The SMILES string of the molecule is C=C/C=C\C=C/N(c1ccccc1)c1cc2sc(C=C)c(SN(Sc3c(C=C)sc4cc(Nc5ccccc5)sc34)c3ccc4c5cccc6cccc(c7cccc3c74)c65)c2s1.C=CC. The molecule has 0 radical (unpaired) electrons. The maximum absolute atomic E-state index is 4.34. The van der Waals surface area contributed by atoms with Crippen LogP contribution in [0.2, 0.25) is 0 Å². The normalized spacial score (nSPS) is 11.7. The van der Waals surface area contributed by atoms with Gasteiger partial charge in [0.05, 0.1) is 29.9 Å². The first-order chi connectivity index (χ1) is 32.5. The molecule has 9 heteroatoms. The fraction of sp³-hybridized carbons (Fsp3) is 0.0175. The average Bonchev–Trinajstić information content (AvgIpc) is 4.11. The topological polar surface area (TPSA) is 18.5 Å². The number of anilines is 5. The first-order valence-electron chi connectivity index (χ1n) is 21.3. The van der Waals surface area contributed by atoms with Crippen molar-refractivity contribution in [3.05, 3.63) is 212 Å². The summed E-state index contributed by atoms with van der Waals surface area (Å²) in [5.74, 6) is 0. The monoisotopic (exact) mass is 961 g/mol. The molecular weight excluding hydrogens is 919 g/mol. The second-order valence-electron chi connectivity index (χ2n) is 15.2. The molecular formula is C57H43N3S6. The van der Waals surface area contributed by atoms with Crippen molar-refractivity contribution in [3.8, 4) is 0 Å². The van der Waals surface area contributed by atoms with Crippen LogP contribution in [0.4, 0.5) is 27.1 Å². The van der Waals surface area contributed by atoms with E-state index in [1.54, 1.807) is 70.1 Å².